The summed E-state index contributed by atoms with van der Waals surface area (Å²) in [5, 5.41) is 0. The smallest absolute Gasteiger partial charge is 0.103 e. The minimum Gasteiger partial charge on any atom is -0.352 e. The van der Waals surface area contributed by atoms with Gasteiger partial charge in [0, 0.05) is 14.1 Å². The molecule has 0 bridgehead atoms. The lowest BCUT2D eigenvalue weighted by Gasteiger charge is -2.33. The van der Waals surface area contributed by atoms with Crippen molar-refractivity contribution < 1.29 is 0 Å². The Balaban J connectivity index is 2.19. The highest BCUT2D eigenvalue weighted by atomic mass is 15.4. The van der Waals surface area contributed by atoms with Gasteiger partial charge in [0.1, 0.15) is 6.17 Å². The first-order valence-corrected chi connectivity index (χ1v) is 7.92. The molecular weight excluding hydrogens is 268 g/mol. The van der Waals surface area contributed by atoms with Crippen molar-refractivity contribution in [3.8, 4) is 0 Å². The third-order valence-electron chi connectivity index (χ3n) is 4.41. The van der Waals surface area contributed by atoms with E-state index in [9.17, 15) is 0 Å². The number of hydrogen-bond acceptors (Lipinski definition) is 2. The van der Waals surface area contributed by atoms with E-state index < -0.39 is 0 Å². The molecule has 2 nitrogen and oxygen atoms in total. The Morgan fingerprint density at radius 2 is 1.05 bits per heavy atom. The molecular formula is C20H24N2. The predicted octanol–water partition coefficient (Wildman–Crippen LogP) is 4.37. The Bertz CT molecular complexity index is 603. The van der Waals surface area contributed by atoms with Gasteiger partial charge in [-0.15, -0.1) is 0 Å². The minimum atomic E-state index is 0.380. The van der Waals surface area contributed by atoms with Crippen LogP contribution in [0.15, 0.2) is 60.7 Å². The van der Waals surface area contributed by atoms with Crippen molar-refractivity contribution in [1.29, 1.82) is 0 Å². The lowest BCUT2D eigenvalue weighted by Crippen LogP contribution is -2.40. The normalized spacial score (nSPS) is 16.0. The highest BCUT2D eigenvalue weighted by Crippen LogP contribution is 2.41. The molecule has 0 N–H and O–H groups in total. The van der Waals surface area contributed by atoms with Gasteiger partial charge in [-0.2, -0.15) is 0 Å². The summed E-state index contributed by atoms with van der Waals surface area (Å²) in [7, 11) is 4.42. The molecule has 2 aromatic rings. The van der Waals surface area contributed by atoms with E-state index in [1.807, 2.05) is 0 Å². The molecule has 0 saturated heterocycles. The molecule has 1 aliphatic heterocycles. The molecule has 0 saturated carbocycles. The monoisotopic (exact) mass is 292 g/mol. The van der Waals surface area contributed by atoms with Crippen LogP contribution in [0, 0.1) is 5.92 Å². The van der Waals surface area contributed by atoms with Crippen molar-refractivity contribution in [3.63, 3.8) is 0 Å². The first-order valence-electron chi connectivity index (χ1n) is 7.92. The zero-order chi connectivity index (χ0) is 15.7. The Labute approximate surface area is 133 Å². The summed E-state index contributed by atoms with van der Waals surface area (Å²) in [5.74, 6) is 0.551. The SMILES string of the molecule is CC(C)C1N(C)C(c2ccccc2)=C(c2ccccc2)N1C. The highest BCUT2D eigenvalue weighted by Gasteiger charge is 2.36. The van der Waals surface area contributed by atoms with Gasteiger partial charge in [0.25, 0.3) is 0 Å². The van der Waals surface area contributed by atoms with Gasteiger partial charge in [-0.05, 0) is 17.0 Å². The fraction of sp³-hybridized carbons (Fsp3) is 0.300. The molecule has 0 spiro atoms. The molecule has 0 radical (unpaired) electrons. The van der Waals surface area contributed by atoms with Crippen LogP contribution in [-0.2, 0) is 0 Å². The van der Waals surface area contributed by atoms with E-state index in [2.05, 4.69) is 98.4 Å². The zero-order valence-corrected chi connectivity index (χ0v) is 13.8. The van der Waals surface area contributed by atoms with Crippen molar-refractivity contribution in [1.82, 2.24) is 9.80 Å². The Hall–Kier alpha value is -2.22. The fourth-order valence-corrected chi connectivity index (χ4v) is 3.63. The van der Waals surface area contributed by atoms with Crippen molar-refractivity contribution in [2.45, 2.75) is 20.0 Å². The molecule has 0 amide bonds. The van der Waals surface area contributed by atoms with E-state index in [0.29, 0.717) is 12.1 Å². The molecule has 2 heteroatoms. The van der Waals surface area contributed by atoms with E-state index in [0.717, 1.165) is 0 Å². The summed E-state index contributed by atoms with van der Waals surface area (Å²) in [5.41, 5.74) is 5.18. The van der Waals surface area contributed by atoms with Gasteiger partial charge < -0.3 is 9.80 Å². The summed E-state index contributed by atoms with van der Waals surface area (Å²) in [4.78, 5) is 4.84. The first kappa shape index (κ1) is 14.7. The van der Waals surface area contributed by atoms with E-state index in [1.54, 1.807) is 0 Å². The second kappa shape index (κ2) is 5.88. The molecule has 0 fully saturated rings. The highest BCUT2D eigenvalue weighted by molar-refractivity contribution is 5.91. The fourth-order valence-electron chi connectivity index (χ4n) is 3.63. The first-order chi connectivity index (χ1) is 10.6. The van der Waals surface area contributed by atoms with Gasteiger partial charge in [-0.1, -0.05) is 74.5 Å². The van der Waals surface area contributed by atoms with Gasteiger partial charge >= 0.3 is 0 Å². The number of nitrogens with zero attached hydrogens (tertiary/aromatic N) is 2. The summed E-state index contributed by atoms with van der Waals surface area (Å²) < 4.78 is 0. The van der Waals surface area contributed by atoms with Crippen LogP contribution < -0.4 is 0 Å². The summed E-state index contributed by atoms with van der Waals surface area (Å²) in [6.45, 7) is 4.57. The molecule has 114 valence electrons. The summed E-state index contributed by atoms with van der Waals surface area (Å²) >= 11 is 0. The van der Waals surface area contributed by atoms with Gasteiger partial charge in [0.15, 0.2) is 0 Å². The van der Waals surface area contributed by atoms with Crippen LogP contribution in [0.25, 0.3) is 11.4 Å². The zero-order valence-electron chi connectivity index (χ0n) is 13.8. The molecule has 2 aromatic carbocycles. The van der Waals surface area contributed by atoms with Crippen LogP contribution >= 0.6 is 0 Å². The van der Waals surface area contributed by atoms with Crippen molar-refractivity contribution in [2.75, 3.05) is 14.1 Å². The third-order valence-corrected chi connectivity index (χ3v) is 4.41. The Kier molecular flexibility index (Phi) is 3.93. The lowest BCUT2D eigenvalue weighted by molar-refractivity contribution is 0.161. The van der Waals surface area contributed by atoms with Gasteiger partial charge in [0.2, 0.25) is 0 Å². The molecule has 22 heavy (non-hydrogen) atoms. The van der Waals surface area contributed by atoms with E-state index in [4.69, 9.17) is 0 Å². The molecule has 3 rings (SSSR count). The average Bonchev–Trinajstić information content (AvgIpc) is 2.80. The van der Waals surface area contributed by atoms with Crippen LogP contribution in [-0.4, -0.2) is 30.1 Å². The predicted molar refractivity (Wildman–Crippen MR) is 93.9 cm³/mol. The van der Waals surface area contributed by atoms with Crippen LogP contribution in [0.4, 0.5) is 0 Å². The number of benzene rings is 2. The van der Waals surface area contributed by atoms with Gasteiger partial charge in [0.05, 0.1) is 11.4 Å². The maximum Gasteiger partial charge on any atom is 0.103 e. The van der Waals surface area contributed by atoms with Crippen LogP contribution in [0.1, 0.15) is 25.0 Å². The van der Waals surface area contributed by atoms with Gasteiger partial charge in [-0.3, -0.25) is 0 Å². The molecule has 0 aromatic heterocycles. The number of hydrogen-bond donors (Lipinski definition) is 0. The second-order valence-corrected chi connectivity index (χ2v) is 6.31. The third kappa shape index (κ3) is 2.39. The minimum absolute atomic E-state index is 0.380. The van der Waals surface area contributed by atoms with Crippen molar-refractivity contribution >= 4 is 11.4 Å². The lowest BCUT2D eigenvalue weighted by atomic mass is 10.1. The van der Waals surface area contributed by atoms with Crippen LogP contribution in [0.5, 0.6) is 0 Å². The molecule has 0 unspecified atom stereocenters. The van der Waals surface area contributed by atoms with E-state index in [1.165, 1.54) is 22.5 Å². The van der Waals surface area contributed by atoms with Gasteiger partial charge in [-0.25, -0.2) is 0 Å². The largest absolute Gasteiger partial charge is 0.352 e. The molecule has 0 atom stereocenters. The summed E-state index contributed by atoms with van der Waals surface area (Å²) in [6.07, 6.45) is 0.380. The Morgan fingerprint density at radius 3 is 1.36 bits per heavy atom. The molecule has 1 aliphatic rings. The second-order valence-electron chi connectivity index (χ2n) is 6.31. The maximum absolute atomic E-state index is 2.42. The van der Waals surface area contributed by atoms with Crippen LogP contribution in [0.2, 0.25) is 0 Å². The van der Waals surface area contributed by atoms with Crippen molar-refractivity contribution in [2.24, 2.45) is 5.92 Å². The molecule has 1 heterocycles. The maximum atomic E-state index is 2.42. The summed E-state index contributed by atoms with van der Waals surface area (Å²) in [6, 6.07) is 21.4. The Morgan fingerprint density at radius 1 is 0.682 bits per heavy atom. The number of rotatable bonds is 3. The topological polar surface area (TPSA) is 6.48 Å². The standard InChI is InChI=1S/C20H24N2/c1-15(2)20-21(3)18(16-11-7-5-8-12-16)19(22(20)4)17-13-9-6-10-14-17/h5-15,20H,1-4H3. The average molecular weight is 292 g/mol. The van der Waals surface area contributed by atoms with Crippen molar-refractivity contribution in [3.05, 3.63) is 71.8 Å². The van der Waals surface area contributed by atoms with Crippen LogP contribution in [0.3, 0.4) is 0 Å². The van der Waals surface area contributed by atoms with E-state index >= 15 is 0 Å². The molecule has 0 aliphatic carbocycles. The quantitative estimate of drug-likeness (QED) is 0.828. The van der Waals surface area contributed by atoms with E-state index in [-0.39, 0.29) is 0 Å².